The minimum Gasteiger partial charge on any atom is -0.493 e. The fourth-order valence-corrected chi connectivity index (χ4v) is 2.81. The molecule has 0 amide bonds. The Labute approximate surface area is 130 Å². The van der Waals surface area contributed by atoms with Crippen LogP contribution in [-0.2, 0) is 6.54 Å². The third-order valence-electron chi connectivity index (χ3n) is 3.07. The van der Waals surface area contributed by atoms with E-state index in [2.05, 4.69) is 35.6 Å². The molecular formula is C17H21NO2S. The van der Waals surface area contributed by atoms with Gasteiger partial charge in [-0.15, -0.1) is 11.8 Å². The van der Waals surface area contributed by atoms with Crippen molar-refractivity contribution in [2.75, 3.05) is 26.5 Å². The van der Waals surface area contributed by atoms with Crippen molar-refractivity contribution in [1.29, 1.82) is 0 Å². The summed E-state index contributed by atoms with van der Waals surface area (Å²) in [6.45, 7) is 1.80. The van der Waals surface area contributed by atoms with E-state index in [0.29, 0.717) is 0 Å². The van der Waals surface area contributed by atoms with Crippen LogP contribution in [0.25, 0.3) is 0 Å². The van der Waals surface area contributed by atoms with Crippen LogP contribution in [0.1, 0.15) is 5.56 Å². The molecule has 0 aliphatic heterocycles. The van der Waals surface area contributed by atoms with Gasteiger partial charge in [0.1, 0.15) is 0 Å². The van der Waals surface area contributed by atoms with Crippen LogP contribution in [0.4, 0.5) is 0 Å². The zero-order valence-corrected chi connectivity index (χ0v) is 13.3. The van der Waals surface area contributed by atoms with E-state index in [0.717, 1.165) is 30.3 Å². The quantitative estimate of drug-likeness (QED) is 0.596. The van der Waals surface area contributed by atoms with Gasteiger partial charge in [0.05, 0.1) is 14.2 Å². The average Bonchev–Trinajstić information content (AvgIpc) is 2.55. The first-order valence-corrected chi connectivity index (χ1v) is 7.91. The molecule has 2 aromatic carbocycles. The van der Waals surface area contributed by atoms with Gasteiger partial charge in [0.25, 0.3) is 0 Å². The molecule has 2 aromatic rings. The second-order valence-electron chi connectivity index (χ2n) is 4.53. The third-order valence-corrected chi connectivity index (χ3v) is 4.08. The van der Waals surface area contributed by atoms with Gasteiger partial charge in [-0.1, -0.05) is 24.3 Å². The summed E-state index contributed by atoms with van der Waals surface area (Å²) < 4.78 is 10.5. The van der Waals surface area contributed by atoms with Crippen molar-refractivity contribution >= 4 is 11.8 Å². The highest BCUT2D eigenvalue weighted by Gasteiger charge is 2.04. The Morgan fingerprint density at radius 2 is 1.71 bits per heavy atom. The van der Waals surface area contributed by atoms with Gasteiger partial charge >= 0.3 is 0 Å². The average molecular weight is 303 g/mol. The number of rotatable bonds is 8. The van der Waals surface area contributed by atoms with E-state index in [1.807, 2.05) is 30.0 Å². The molecule has 0 spiro atoms. The lowest BCUT2D eigenvalue weighted by molar-refractivity contribution is 0.354. The SMILES string of the molecule is COc1ccc(CNCCSc2ccccc2)cc1OC. The lowest BCUT2D eigenvalue weighted by Gasteiger charge is -2.10. The van der Waals surface area contributed by atoms with Crippen LogP contribution in [-0.4, -0.2) is 26.5 Å². The van der Waals surface area contributed by atoms with E-state index in [-0.39, 0.29) is 0 Å². The third kappa shape index (κ3) is 4.99. The summed E-state index contributed by atoms with van der Waals surface area (Å²) in [5, 5.41) is 3.44. The lowest BCUT2D eigenvalue weighted by Crippen LogP contribution is -2.16. The van der Waals surface area contributed by atoms with Crippen LogP contribution in [0.3, 0.4) is 0 Å². The molecular weight excluding hydrogens is 282 g/mol. The van der Waals surface area contributed by atoms with E-state index in [9.17, 15) is 0 Å². The molecule has 0 bridgehead atoms. The van der Waals surface area contributed by atoms with Crippen molar-refractivity contribution in [3.63, 3.8) is 0 Å². The van der Waals surface area contributed by atoms with E-state index in [1.54, 1.807) is 14.2 Å². The normalized spacial score (nSPS) is 10.4. The van der Waals surface area contributed by atoms with Gasteiger partial charge in [-0.05, 0) is 29.8 Å². The van der Waals surface area contributed by atoms with Gasteiger partial charge in [0, 0.05) is 23.7 Å². The number of thioether (sulfide) groups is 1. The fraction of sp³-hybridized carbons (Fsp3) is 0.294. The number of ether oxygens (including phenoxy) is 2. The predicted molar refractivity (Wildman–Crippen MR) is 88.4 cm³/mol. The van der Waals surface area contributed by atoms with Crippen LogP contribution < -0.4 is 14.8 Å². The van der Waals surface area contributed by atoms with Crippen LogP contribution in [0.2, 0.25) is 0 Å². The van der Waals surface area contributed by atoms with Crippen molar-refractivity contribution in [3.05, 3.63) is 54.1 Å². The molecule has 0 aromatic heterocycles. The summed E-state index contributed by atoms with van der Waals surface area (Å²) in [5.74, 6) is 2.59. The molecule has 2 rings (SSSR count). The Morgan fingerprint density at radius 3 is 2.43 bits per heavy atom. The lowest BCUT2D eigenvalue weighted by atomic mass is 10.2. The molecule has 0 aliphatic rings. The first-order valence-electron chi connectivity index (χ1n) is 6.93. The first-order chi connectivity index (χ1) is 10.3. The standard InChI is InChI=1S/C17H21NO2S/c1-19-16-9-8-14(12-17(16)20-2)13-18-10-11-21-15-6-4-3-5-7-15/h3-9,12,18H,10-11,13H2,1-2H3. The van der Waals surface area contributed by atoms with Gasteiger partial charge in [0.2, 0.25) is 0 Å². The summed E-state index contributed by atoms with van der Waals surface area (Å²) >= 11 is 1.86. The highest BCUT2D eigenvalue weighted by Crippen LogP contribution is 2.27. The zero-order chi connectivity index (χ0) is 14.9. The largest absolute Gasteiger partial charge is 0.493 e. The van der Waals surface area contributed by atoms with Crippen molar-refractivity contribution in [1.82, 2.24) is 5.32 Å². The summed E-state index contributed by atoms with van der Waals surface area (Å²) in [5.41, 5.74) is 1.19. The first kappa shape index (κ1) is 15.7. The number of methoxy groups -OCH3 is 2. The summed E-state index contributed by atoms with van der Waals surface area (Å²) in [6, 6.07) is 16.5. The smallest absolute Gasteiger partial charge is 0.161 e. The number of hydrogen-bond acceptors (Lipinski definition) is 4. The Bertz CT molecular complexity index is 546. The maximum absolute atomic E-state index is 5.31. The molecule has 0 saturated carbocycles. The Balaban J connectivity index is 1.73. The van der Waals surface area contributed by atoms with Crippen molar-refractivity contribution < 1.29 is 9.47 Å². The molecule has 1 N–H and O–H groups in total. The Morgan fingerprint density at radius 1 is 0.952 bits per heavy atom. The molecule has 0 radical (unpaired) electrons. The molecule has 21 heavy (non-hydrogen) atoms. The minimum absolute atomic E-state index is 0.765. The van der Waals surface area contributed by atoms with E-state index >= 15 is 0 Å². The van der Waals surface area contributed by atoms with Gasteiger partial charge in [0.15, 0.2) is 11.5 Å². The van der Waals surface area contributed by atoms with Crippen LogP contribution in [0, 0.1) is 0 Å². The second kappa shape index (κ2) is 8.60. The van der Waals surface area contributed by atoms with E-state index in [1.165, 1.54) is 10.5 Å². The molecule has 0 atom stereocenters. The Hall–Kier alpha value is -1.65. The van der Waals surface area contributed by atoms with Crippen molar-refractivity contribution in [2.24, 2.45) is 0 Å². The second-order valence-corrected chi connectivity index (χ2v) is 5.70. The van der Waals surface area contributed by atoms with Gasteiger partial charge in [-0.3, -0.25) is 0 Å². The molecule has 0 unspecified atom stereocenters. The van der Waals surface area contributed by atoms with E-state index in [4.69, 9.17) is 9.47 Å². The number of benzene rings is 2. The van der Waals surface area contributed by atoms with Crippen LogP contribution in [0.5, 0.6) is 11.5 Å². The topological polar surface area (TPSA) is 30.5 Å². The number of hydrogen-bond donors (Lipinski definition) is 1. The molecule has 0 fully saturated rings. The predicted octanol–water partition coefficient (Wildman–Crippen LogP) is 3.59. The molecule has 0 aliphatic carbocycles. The highest BCUT2D eigenvalue weighted by molar-refractivity contribution is 7.99. The van der Waals surface area contributed by atoms with Crippen LogP contribution in [0.15, 0.2) is 53.4 Å². The molecule has 3 nitrogen and oxygen atoms in total. The highest BCUT2D eigenvalue weighted by atomic mass is 32.2. The molecule has 112 valence electrons. The van der Waals surface area contributed by atoms with Gasteiger partial charge < -0.3 is 14.8 Å². The summed E-state index contributed by atoms with van der Waals surface area (Å²) in [4.78, 5) is 1.31. The molecule has 4 heteroatoms. The molecule has 0 saturated heterocycles. The fourth-order valence-electron chi connectivity index (χ4n) is 1.98. The summed E-state index contributed by atoms with van der Waals surface area (Å²) in [7, 11) is 3.31. The maximum atomic E-state index is 5.31. The zero-order valence-electron chi connectivity index (χ0n) is 12.5. The van der Waals surface area contributed by atoms with Gasteiger partial charge in [-0.25, -0.2) is 0 Å². The van der Waals surface area contributed by atoms with E-state index < -0.39 is 0 Å². The monoisotopic (exact) mass is 303 g/mol. The van der Waals surface area contributed by atoms with Gasteiger partial charge in [-0.2, -0.15) is 0 Å². The van der Waals surface area contributed by atoms with Crippen LogP contribution >= 0.6 is 11.8 Å². The maximum Gasteiger partial charge on any atom is 0.161 e. The van der Waals surface area contributed by atoms with Crippen molar-refractivity contribution in [3.8, 4) is 11.5 Å². The molecule has 0 heterocycles. The Kier molecular flexibility index (Phi) is 6.44. The summed E-state index contributed by atoms with van der Waals surface area (Å²) in [6.07, 6.45) is 0. The minimum atomic E-state index is 0.765. The van der Waals surface area contributed by atoms with Crippen molar-refractivity contribution in [2.45, 2.75) is 11.4 Å². The number of nitrogens with one attached hydrogen (secondary N) is 1.